The summed E-state index contributed by atoms with van der Waals surface area (Å²) in [5.74, 6) is -0.806. The maximum Gasteiger partial charge on any atom is 0.472 e. The van der Waals surface area contributed by atoms with Crippen LogP contribution in [0.3, 0.4) is 0 Å². The minimum Gasteiger partial charge on any atom is -0.462 e. The van der Waals surface area contributed by atoms with Gasteiger partial charge in [0.2, 0.25) is 0 Å². The van der Waals surface area contributed by atoms with Crippen molar-refractivity contribution in [1.82, 2.24) is 0 Å². The zero-order chi connectivity index (χ0) is 43.9. The van der Waals surface area contributed by atoms with E-state index in [0.29, 0.717) is 6.42 Å². The molecule has 0 heterocycles. The van der Waals surface area contributed by atoms with Gasteiger partial charge in [0.1, 0.15) is 6.61 Å². The van der Waals surface area contributed by atoms with Crippen LogP contribution in [0.1, 0.15) is 277 Å². The van der Waals surface area contributed by atoms with Crippen LogP contribution in [0.25, 0.3) is 0 Å². The van der Waals surface area contributed by atoms with Crippen LogP contribution in [-0.2, 0) is 32.7 Å². The number of ether oxygens (including phenoxy) is 2. The molecule has 0 radical (unpaired) electrons. The summed E-state index contributed by atoms with van der Waals surface area (Å²) >= 11 is 0. The van der Waals surface area contributed by atoms with Gasteiger partial charge in [-0.05, 0) is 12.8 Å². The molecule has 1 unspecified atom stereocenters. The van der Waals surface area contributed by atoms with E-state index in [9.17, 15) is 19.0 Å². The Hall–Kier alpha value is -0.990. The van der Waals surface area contributed by atoms with E-state index in [1.54, 1.807) is 0 Å². The van der Waals surface area contributed by atoms with E-state index in [0.717, 1.165) is 32.1 Å². The van der Waals surface area contributed by atoms with Crippen LogP contribution in [-0.4, -0.2) is 49.3 Å². The highest BCUT2D eigenvalue weighted by molar-refractivity contribution is 7.47. The maximum absolute atomic E-state index is 12.7. The minimum absolute atomic E-state index is 0.0584. The zero-order valence-corrected chi connectivity index (χ0v) is 40.6. The van der Waals surface area contributed by atoms with Crippen molar-refractivity contribution in [1.29, 1.82) is 0 Å². The van der Waals surface area contributed by atoms with E-state index in [-0.39, 0.29) is 38.6 Å². The molecule has 0 rings (SSSR count). The number of esters is 2. The van der Waals surface area contributed by atoms with Crippen molar-refractivity contribution in [2.45, 2.75) is 283 Å². The molecule has 0 aliphatic carbocycles. The van der Waals surface area contributed by atoms with Gasteiger partial charge in [0.25, 0.3) is 0 Å². The minimum atomic E-state index is -4.37. The summed E-state index contributed by atoms with van der Waals surface area (Å²) in [7, 11) is -4.37. The van der Waals surface area contributed by atoms with E-state index in [1.165, 1.54) is 212 Å². The predicted octanol–water partition coefficient (Wildman–Crippen LogP) is 15.6. The van der Waals surface area contributed by atoms with Crippen molar-refractivity contribution in [3.8, 4) is 0 Å². The fourth-order valence-corrected chi connectivity index (χ4v) is 8.64. The fraction of sp³-hybridized carbons (Fsp3) is 0.960. The zero-order valence-electron chi connectivity index (χ0n) is 39.7. The second-order valence-corrected chi connectivity index (χ2v) is 19.2. The lowest BCUT2D eigenvalue weighted by atomic mass is 10.0. The molecule has 9 nitrogen and oxygen atoms in total. The van der Waals surface area contributed by atoms with Crippen molar-refractivity contribution in [2.75, 3.05) is 26.4 Å². The molecule has 0 bridgehead atoms. The largest absolute Gasteiger partial charge is 0.472 e. The first-order chi connectivity index (χ1) is 29.3. The molecule has 0 spiro atoms. The highest BCUT2D eigenvalue weighted by Gasteiger charge is 2.26. The molecular weight excluding hydrogens is 774 g/mol. The number of phosphoric acid groups is 1. The Morgan fingerprint density at radius 3 is 1.02 bits per heavy atom. The molecule has 0 aromatic heterocycles. The number of unbranched alkanes of at least 4 members (excludes halogenated alkanes) is 37. The van der Waals surface area contributed by atoms with Crippen LogP contribution in [0.15, 0.2) is 0 Å². The van der Waals surface area contributed by atoms with Crippen molar-refractivity contribution < 1.29 is 37.6 Å². The highest BCUT2D eigenvalue weighted by atomic mass is 31.2. The van der Waals surface area contributed by atoms with Gasteiger partial charge in [-0.25, -0.2) is 4.57 Å². The summed E-state index contributed by atoms with van der Waals surface area (Å²) in [5.41, 5.74) is 5.37. The normalized spacial score (nSPS) is 13.1. The average molecular weight is 874 g/mol. The van der Waals surface area contributed by atoms with E-state index in [2.05, 4.69) is 13.8 Å². The maximum atomic E-state index is 12.7. The molecule has 0 aliphatic heterocycles. The fourth-order valence-electron chi connectivity index (χ4n) is 7.87. The third-order valence-electron chi connectivity index (χ3n) is 11.7. The number of carbonyl (C=O) groups is 2. The van der Waals surface area contributed by atoms with Gasteiger partial charge in [0, 0.05) is 19.4 Å². The molecule has 0 amide bonds. The first-order valence-corrected chi connectivity index (χ1v) is 27.5. The Labute approximate surface area is 371 Å². The van der Waals surface area contributed by atoms with Crippen LogP contribution in [0.2, 0.25) is 0 Å². The van der Waals surface area contributed by atoms with Gasteiger partial charge >= 0.3 is 19.8 Å². The predicted molar refractivity (Wildman–Crippen MR) is 252 cm³/mol. The SMILES string of the molecule is CCCCCCCCCCCCCCCCCCCCCCCCCC(=O)O[C@H](COC(=O)CCCCCCCCCCCCCCCCCC)COP(=O)(O)OCCN. The van der Waals surface area contributed by atoms with E-state index < -0.39 is 26.5 Å². The van der Waals surface area contributed by atoms with Crippen LogP contribution < -0.4 is 5.73 Å². The monoisotopic (exact) mass is 874 g/mol. The Kier molecular flexibility index (Phi) is 46.7. The van der Waals surface area contributed by atoms with Crippen LogP contribution in [0.4, 0.5) is 0 Å². The van der Waals surface area contributed by atoms with Crippen molar-refractivity contribution in [3.05, 3.63) is 0 Å². The molecule has 60 heavy (non-hydrogen) atoms. The Morgan fingerprint density at radius 1 is 0.433 bits per heavy atom. The summed E-state index contributed by atoms with van der Waals surface area (Å²) in [6.07, 6.45) is 50.0. The van der Waals surface area contributed by atoms with E-state index in [4.69, 9.17) is 24.3 Å². The molecule has 10 heteroatoms. The number of phosphoric ester groups is 1. The van der Waals surface area contributed by atoms with Gasteiger partial charge in [-0.15, -0.1) is 0 Å². The van der Waals surface area contributed by atoms with Gasteiger partial charge in [-0.1, -0.05) is 251 Å². The summed E-state index contributed by atoms with van der Waals surface area (Å²) in [5, 5.41) is 0. The lowest BCUT2D eigenvalue weighted by molar-refractivity contribution is -0.161. The molecule has 0 aromatic carbocycles. The first-order valence-electron chi connectivity index (χ1n) is 26.0. The standard InChI is InChI=1S/C50H100NO8P/c1-3-5-7-9-11-13-15-17-19-21-22-23-24-25-26-27-29-31-33-35-37-39-41-43-50(53)59-48(47-58-60(54,55)57-45-44-51)46-56-49(52)42-40-38-36-34-32-30-28-20-18-16-14-12-10-8-6-4-2/h48H,3-47,51H2,1-2H3,(H,54,55)/t48-/m1/s1. The lowest BCUT2D eigenvalue weighted by Crippen LogP contribution is -2.29. The summed E-state index contributed by atoms with van der Waals surface area (Å²) in [6.45, 7) is 3.80. The van der Waals surface area contributed by atoms with Crippen molar-refractivity contribution in [3.63, 3.8) is 0 Å². The molecule has 3 N–H and O–H groups in total. The summed E-state index contributed by atoms with van der Waals surface area (Å²) in [6, 6.07) is 0. The van der Waals surface area contributed by atoms with Crippen molar-refractivity contribution >= 4 is 19.8 Å². The molecule has 0 aliphatic rings. The number of hydrogen-bond donors (Lipinski definition) is 2. The van der Waals surface area contributed by atoms with Gasteiger partial charge in [-0.3, -0.25) is 18.6 Å². The summed E-state index contributed by atoms with van der Waals surface area (Å²) in [4.78, 5) is 35.0. The Morgan fingerprint density at radius 2 is 0.717 bits per heavy atom. The number of nitrogens with two attached hydrogens (primary N) is 1. The van der Waals surface area contributed by atoms with Crippen molar-refractivity contribution in [2.24, 2.45) is 5.73 Å². The lowest BCUT2D eigenvalue weighted by Gasteiger charge is -2.19. The quantitative estimate of drug-likeness (QED) is 0.0348. The van der Waals surface area contributed by atoms with Crippen LogP contribution >= 0.6 is 7.82 Å². The van der Waals surface area contributed by atoms with Gasteiger partial charge in [0.05, 0.1) is 13.2 Å². The summed E-state index contributed by atoms with van der Waals surface area (Å²) < 4.78 is 32.9. The van der Waals surface area contributed by atoms with E-state index >= 15 is 0 Å². The first kappa shape index (κ1) is 59.0. The molecule has 0 saturated carbocycles. The third-order valence-corrected chi connectivity index (χ3v) is 12.7. The number of hydrogen-bond acceptors (Lipinski definition) is 8. The highest BCUT2D eigenvalue weighted by Crippen LogP contribution is 2.43. The number of carbonyl (C=O) groups excluding carboxylic acids is 2. The molecule has 0 saturated heterocycles. The van der Waals surface area contributed by atoms with Crippen LogP contribution in [0, 0.1) is 0 Å². The molecule has 2 atom stereocenters. The topological polar surface area (TPSA) is 134 Å². The average Bonchev–Trinajstić information content (AvgIpc) is 3.24. The third kappa shape index (κ3) is 46.5. The smallest absolute Gasteiger partial charge is 0.462 e. The molecule has 358 valence electrons. The Balaban J connectivity index is 3.96. The van der Waals surface area contributed by atoms with Gasteiger partial charge in [-0.2, -0.15) is 0 Å². The molecule has 0 aromatic rings. The second kappa shape index (κ2) is 47.5. The Bertz CT molecular complexity index is 953. The van der Waals surface area contributed by atoms with Gasteiger partial charge < -0.3 is 20.1 Å². The van der Waals surface area contributed by atoms with Gasteiger partial charge in [0.15, 0.2) is 6.10 Å². The van der Waals surface area contributed by atoms with E-state index in [1.807, 2.05) is 0 Å². The molecule has 0 fully saturated rings. The molecular formula is C50H100NO8P. The second-order valence-electron chi connectivity index (χ2n) is 17.8. The number of rotatable bonds is 50. The van der Waals surface area contributed by atoms with Crippen LogP contribution in [0.5, 0.6) is 0 Å².